The van der Waals surface area contributed by atoms with Gasteiger partial charge in [-0.25, -0.2) is 4.39 Å². The van der Waals surface area contributed by atoms with Crippen molar-refractivity contribution in [2.75, 3.05) is 5.32 Å². The summed E-state index contributed by atoms with van der Waals surface area (Å²) >= 11 is 7.44. The van der Waals surface area contributed by atoms with Crippen molar-refractivity contribution in [3.05, 3.63) is 47.2 Å². The lowest BCUT2D eigenvalue weighted by Crippen LogP contribution is -2.01. The lowest BCUT2D eigenvalue weighted by Gasteiger charge is -2.21. The Labute approximate surface area is 102 Å². The summed E-state index contributed by atoms with van der Waals surface area (Å²) in [5.74, 6) is -0.231. The summed E-state index contributed by atoms with van der Waals surface area (Å²) in [6, 6.07) is 10.6. The Bertz CT molecular complexity index is 571. The Hall–Kier alpha value is -1.19. The van der Waals surface area contributed by atoms with Crippen LogP contribution in [0.3, 0.4) is 0 Å². The Morgan fingerprint density at radius 2 is 2.00 bits per heavy atom. The van der Waals surface area contributed by atoms with Crippen molar-refractivity contribution in [1.82, 2.24) is 0 Å². The van der Waals surface area contributed by atoms with Gasteiger partial charge in [-0.3, -0.25) is 0 Å². The summed E-state index contributed by atoms with van der Waals surface area (Å²) in [5.41, 5.74) is 1.44. The third kappa shape index (κ3) is 1.56. The van der Waals surface area contributed by atoms with Gasteiger partial charge in [-0.05, 0) is 30.3 Å². The van der Waals surface area contributed by atoms with Crippen molar-refractivity contribution < 1.29 is 4.39 Å². The van der Waals surface area contributed by atoms with Gasteiger partial charge >= 0.3 is 0 Å². The number of benzene rings is 2. The lowest BCUT2D eigenvalue weighted by atomic mass is 10.2. The number of rotatable bonds is 0. The molecule has 0 spiro atoms. The highest BCUT2D eigenvalue weighted by Crippen LogP contribution is 2.45. The molecule has 0 saturated heterocycles. The molecule has 0 saturated carbocycles. The first-order chi connectivity index (χ1) is 7.74. The smallest absolute Gasteiger partial charge is 0.147 e. The van der Waals surface area contributed by atoms with Crippen molar-refractivity contribution in [2.45, 2.75) is 9.79 Å². The zero-order chi connectivity index (χ0) is 11.1. The van der Waals surface area contributed by atoms with Gasteiger partial charge in [0.15, 0.2) is 0 Å². The largest absolute Gasteiger partial charge is 0.351 e. The third-order valence-electron chi connectivity index (χ3n) is 2.40. The highest BCUT2D eigenvalue weighted by atomic mass is 35.5. The number of fused-ring (bicyclic) bond motifs is 2. The molecule has 0 aliphatic carbocycles. The van der Waals surface area contributed by atoms with E-state index in [1.807, 2.05) is 18.2 Å². The van der Waals surface area contributed by atoms with E-state index in [2.05, 4.69) is 5.32 Å². The van der Waals surface area contributed by atoms with Crippen LogP contribution in [0.4, 0.5) is 15.8 Å². The predicted molar refractivity (Wildman–Crippen MR) is 65.3 cm³/mol. The molecule has 16 heavy (non-hydrogen) atoms. The van der Waals surface area contributed by atoms with Gasteiger partial charge < -0.3 is 5.32 Å². The topological polar surface area (TPSA) is 12.0 Å². The number of para-hydroxylation sites is 1. The molecule has 1 heterocycles. The third-order valence-corrected chi connectivity index (χ3v) is 3.75. The van der Waals surface area contributed by atoms with Crippen molar-refractivity contribution in [3.8, 4) is 0 Å². The Balaban J connectivity index is 2.13. The fourth-order valence-electron chi connectivity index (χ4n) is 1.65. The quantitative estimate of drug-likeness (QED) is 0.622. The molecule has 0 fully saturated rings. The fraction of sp³-hybridized carbons (Fsp3) is 0. The van der Waals surface area contributed by atoms with Crippen molar-refractivity contribution in [3.63, 3.8) is 0 Å². The fourth-order valence-corrected chi connectivity index (χ4v) is 2.93. The van der Waals surface area contributed by atoms with Crippen LogP contribution < -0.4 is 5.32 Å². The van der Waals surface area contributed by atoms with E-state index in [9.17, 15) is 4.39 Å². The van der Waals surface area contributed by atoms with Crippen LogP contribution in [0.5, 0.6) is 0 Å². The van der Waals surface area contributed by atoms with Crippen LogP contribution in [0.15, 0.2) is 46.2 Å². The molecule has 2 aromatic rings. The molecule has 4 heteroatoms. The molecule has 3 rings (SSSR count). The van der Waals surface area contributed by atoms with Gasteiger partial charge in [-0.2, -0.15) is 0 Å². The number of hydrogen-bond acceptors (Lipinski definition) is 2. The SMILES string of the molecule is Fc1cccc2c1Nc1ccc(Cl)cc1S2. The molecule has 0 radical (unpaired) electrons. The van der Waals surface area contributed by atoms with Gasteiger partial charge in [0, 0.05) is 14.8 Å². The normalized spacial score (nSPS) is 12.6. The number of nitrogens with one attached hydrogen (secondary N) is 1. The van der Waals surface area contributed by atoms with E-state index in [0.717, 1.165) is 15.5 Å². The van der Waals surface area contributed by atoms with Crippen LogP contribution >= 0.6 is 23.4 Å². The molecular weight excluding hydrogens is 245 g/mol. The van der Waals surface area contributed by atoms with Crippen LogP contribution in [-0.2, 0) is 0 Å². The maximum absolute atomic E-state index is 13.5. The molecule has 1 aliphatic rings. The van der Waals surface area contributed by atoms with E-state index in [4.69, 9.17) is 11.6 Å². The zero-order valence-electron chi connectivity index (χ0n) is 8.13. The summed E-state index contributed by atoms with van der Waals surface area (Å²) in [6.07, 6.45) is 0. The number of anilines is 2. The van der Waals surface area contributed by atoms with Gasteiger partial charge in [0.05, 0.1) is 11.4 Å². The zero-order valence-corrected chi connectivity index (χ0v) is 9.70. The molecule has 0 amide bonds. The van der Waals surface area contributed by atoms with Crippen LogP contribution in [0.2, 0.25) is 5.02 Å². The van der Waals surface area contributed by atoms with Crippen LogP contribution in [0, 0.1) is 5.82 Å². The predicted octanol–water partition coefficient (Wildman–Crippen LogP) is 4.69. The molecule has 0 aromatic heterocycles. The minimum atomic E-state index is -0.231. The van der Waals surface area contributed by atoms with Crippen molar-refractivity contribution >= 4 is 34.7 Å². The second-order valence-electron chi connectivity index (χ2n) is 3.48. The van der Waals surface area contributed by atoms with E-state index in [1.165, 1.54) is 17.8 Å². The van der Waals surface area contributed by atoms with Crippen LogP contribution in [-0.4, -0.2) is 0 Å². The minimum absolute atomic E-state index is 0.231. The summed E-state index contributed by atoms with van der Waals surface area (Å²) < 4.78 is 13.5. The number of hydrogen-bond donors (Lipinski definition) is 1. The van der Waals surface area contributed by atoms with Gasteiger partial charge in [-0.1, -0.05) is 29.4 Å². The summed E-state index contributed by atoms with van der Waals surface area (Å²) in [6.45, 7) is 0. The average Bonchev–Trinajstić information content (AvgIpc) is 2.27. The minimum Gasteiger partial charge on any atom is -0.351 e. The average molecular weight is 252 g/mol. The standard InChI is InChI=1S/C12H7ClFNS/c13-7-4-5-9-11(6-7)16-10-3-1-2-8(14)12(10)15-9/h1-6,15H. The maximum atomic E-state index is 13.5. The molecule has 2 aromatic carbocycles. The monoisotopic (exact) mass is 251 g/mol. The highest BCUT2D eigenvalue weighted by molar-refractivity contribution is 7.99. The van der Waals surface area contributed by atoms with E-state index >= 15 is 0 Å². The second-order valence-corrected chi connectivity index (χ2v) is 5.00. The first-order valence-electron chi connectivity index (χ1n) is 4.77. The summed E-state index contributed by atoms with van der Waals surface area (Å²) in [5, 5.41) is 3.77. The molecule has 1 N–H and O–H groups in total. The summed E-state index contributed by atoms with van der Waals surface area (Å²) in [4.78, 5) is 1.90. The van der Waals surface area contributed by atoms with E-state index in [1.54, 1.807) is 12.1 Å². The van der Waals surface area contributed by atoms with Crippen LogP contribution in [0.25, 0.3) is 0 Å². The van der Waals surface area contributed by atoms with Gasteiger partial charge in [0.2, 0.25) is 0 Å². The first-order valence-corrected chi connectivity index (χ1v) is 5.96. The highest BCUT2D eigenvalue weighted by Gasteiger charge is 2.18. The van der Waals surface area contributed by atoms with Crippen molar-refractivity contribution in [2.24, 2.45) is 0 Å². The molecule has 0 bridgehead atoms. The van der Waals surface area contributed by atoms with E-state index < -0.39 is 0 Å². The first kappa shape index (κ1) is 10.00. The molecule has 0 atom stereocenters. The van der Waals surface area contributed by atoms with Crippen molar-refractivity contribution in [1.29, 1.82) is 0 Å². The molecule has 1 nitrogen and oxygen atoms in total. The number of halogens is 2. The summed E-state index contributed by atoms with van der Waals surface area (Å²) in [7, 11) is 0. The van der Waals surface area contributed by atoms with Crippen LogP contribution in [0.1, 0.15) is 0 Å². The Morgan fingerprint density at radius 3 is 2.88 bits per heavy atom. The van der Waals surface area contributed by atoms with Gasteiger partial charge in [0.25, 0.3) is 0 Å². The van der Waals surface area contributed by atoms with E-state index in [0.29, 0.717) is 10.7 Å². The molecular formula is C12H7ClFNS. The molecule has 80 valence electrons. The lowest BCUT2D eigenvalue weighted by molar-refractivity contribution is 0.628. The van der Waals surface area contributed by atoms with Gasteiger partial charge in [0.1, 0.15) is 5.82 Å². The maximum Gasteiger partial charge on any atom is 0.147 e. The second kappa shape index (κ2) is 3.68. The Kier molecular flexibility index (Phi) is 2.30. The Morgan fingerprint density at radius 1 is 1.12 bits per heavy atom. The van der Waals surface area contributed by atoms with Gasteiger partial charge in [-0.15, -0.1) is 0 Å². The molecule has 1 aliphatic heterocycles. The van der Waals surface area contributed by atoms with E-state index in [-0.39, 0.29) is 5.82 Å². The molecule has 0 unspecified atom stereocenters.